The maximum atomic E-state index is 5.27. The molecule has 0 aliphatic carbocycles. The van der Waals surface area contributed by atoms with E-state index in [0.717, 1.165) is 29.4 Å². The van der Waals surface area contributed by atoms with Crippen LogP contribution >= 0.6 is 15.9 Å². The van der Waals surface area contributed by atoms with Crippen LogP contribution in [-0.4, -0.2) is 23.7 Å². The molecule has 5 heteroatoms. The van der Waals surface area contributed by atoms with E-state index in [2.05, 4.69) is 57.4 Å². The summed E-state index contributed by atoms with van der Waals surface area (Å²) in [4.78, 5) is 4.44. The number of rotatable bonds is 5. The Labute approximate surface area is 121 Å². The van der Waals surface area contributed by atoms with E-state index in [9.17, 15) is 0 Å². The fourth-order valence-corrected chi connectivity index (χ4v) is 2.19. The van der Waals surface area contributed by atoms with Gasteiger partial charge in [0.15, 0.2) is 0 Å². The molecule has 19 heavy (non-hydrogen) atoms. The van der Waals surface area contributed by atoms with Crippen LogP contribution in [-0.2, 0) is 6.42 Å². The van der Waals surface area contributed by atoms with Crippen molar-refractivity contribution in [2.75, 3.05) is 13.6 Å². The highest BCUT2D eigenvalue weighted by Gasteiger charge is 2.11. The predicted octanol–water partition coefficient (Wildman–Crippen LogP) is 3.27. The Morgan fingerprint density at radius 2 is 1.95 bits per heavy atom. The average molecular weight is 324 g/mol. The van der Waals surface area contributed by atoms with Crippen molar-refractivity contribution in [3.05, 3.63) is 33.6 Å². The number of hydrogen-bond donors (Lipinski definition) is 1. The van der Waals surface area contributed by atoms with Gasteiger partial charge in [-0.15, -0.1) is 0 Å². The van der Waals surface area contributed by atoms with Gasteiger partial charge in [-0.3, -0.25) is 0 Å². The Kier molecular flexibility index (Phi) is 4.71. The Hall–Kier alpha value is -1.20. The molecule has 2 rings (SSSR count). The normalized spacial score (nSPS) is 10.9. The van der Waals surface area contributed by atoms with Crippen LogP contribution in [0.5, 0.6) is 0 Å². The van der Waals surface area contributed by atoms with Crippen molar-refractivity contribution in [1.29, 1.82) is 0 Å². The van der Waals surface area contributed by atoms with Crippen LogP contribution < -0.4 is 5.32 Å². The molecule has 0 saturated carbocycles. The van der Waals surface area contributed by atoms with Crippen molar-refractivity contribution in [3.63, 3.8) is 0 Å². The molecule has 1 heterocycles. The van der Waals surface area contributed by atoms with Crippen molar-refractivity contribution in [3.8, 4) is 11.4 Å². The Morgan fingerprint density at radius 1 is 1.26 bits per heavy atom. The van der Waals surface area contributed by atoms with Gasteiger partial charge in [0, 0.05) is 16.5 Å². The number of aryl methyl sites for hydroxylation is 3. The quantitative estimate of drug-likeness (QED) is 0.858. The fraction of sp³-hybridized carbons (Fsp3) is 0.429. The topological polar surface area (TPSA) is 51.0 Å². The molecule has 0 radical (unpaired) electrons. The number of hydrogen-bond acceptors (Lipinski definition) is 4. The Balaban J connectivity index is 2.18. The Morgan fingerprint density at radius 3 is 2.58 bits per heavy atom. The van der Waals surface area contributed by atoms with Gasteiger partial charge < -0.3 is 9.84 Å². The Bertz CT molecular complexity index is 543. The molecule has 2 aromatic rings. The smallest absolute Gasteiger partial charge is 0.227 e. The van der Waals surface area contributed by atoms with Crippen LogP contribution in [0.4, 0.5) is 0 Å². The maximum Gasteiger partial charge on any atom is 0.227 e. The summed E-state index contributed by atoms with van der Waals surface area (Å²) >= 11 is 3.56. The van der Waals surface area contributed by atoms with E-state index in [-0.39, 0.29) is 0 Å². The van der Waals surface area contributed by atoms with Crippen LogP contribution in [0.1, 0.15) is 23.4 Å². The average Bonchev–Trinajstić information content (AvgIpc) is 2.84. The van der Waals surface area contributed by atoms with Gasteiger partial charge in [0.1, 0.15) is 0 Å². The molecule has 0 spiro atoms. The number of halogens is 1. The van der Waals surface area contributed by atoms with Gasteiger partial charge in [-0.05, 0) is 57.1 Å². The summed E-state index contributed by atoms with van der Waals surface area (Å²) < 4.78 is 6.41. The molecule has 4 nitrogen and oxygen atoms in total. The first-order chi connectivity index (χ1) is 9.11. The van der Waals surface area contributed by atoms with Gasteiger partial charge in [0.05, 0.1) is 0 Å². The summed E-state index contributed by atoms with van der Waals surface area (Å²) in [5, 5.41) is 7.16. The zero-order valence-electron chi connectivity index (χ0n) is 11.5. The van der Waals surface area contributed by atoms with E-state index in [1.54, 1.807) is 0 Å². The van der Waals surface area contributed by atoms with E-state index in [1.807, 2.05) is 7.05 Å². The SMILES string of the molecule is CNCCCc1nc(-c2cc(C)c(Br)c(C)c2)no1. The van der Waals surface area contributed by atoms with E-state index in [0.29, 0.717) is 11.7 Å². The molecule has 0 unspecified atom stereocenters. The zero-order valence-corrected chi connectivity index (χ0v) is 13.0. The molecule has 102 valence electrons. The highest BCUT2D eigenvalue weighted by Crippen LogP contribution is 2.27. The second-order valence-electron chi connectivity index (χ2n) is 4.64. The minimum absolute atomic E-state index is 0.665. The lowest BCUT2D eigenvalue weighted by atomic mass is 10.1. The second kappa shape index (κ2) is 6.30. The van der Waals surface area contributed by atoms with Crippen LogP contribution in [0.25, 0.3) is 11.4 Å². The van der Waals surface area contributed by atoms with Crippen molar-refractivity contribution >= 4 is 15.9 Å². The molecule has 0 fully saturated rings. The third-order valence-corrected chi connectivity index (χ3v) is 4.23. The first-order valence-corrected chi connectivity index (χ1v) is 7.15. The number of nitrogens with one attached hydrogen (secondary N) is 1. The van der Waals surface area contributed by atoms with Crippen molar-refractivity contribution in [2.24, 2.45) is 0 Å². The molecule has 1 N–H and O–H groups in total. The lowest BCUT2D eigenvalue weighted by Gasteiger charge is -2.04. The third-order valence-electron chi connectivity index (χ3n) is 2.98. The molecule has 0 aliphatic rings. The zero-order chi connectivity index (χ0) is 13.8. The van der Waals surface area contributed by atoms with Crippen LogP contribution in [0.15, 0.2) is 21.1 Å². The minimum Gasteiger partial charge on any atom is -0.339 e. The van der Waals surface area contributed by atoms with E-state index in [1.165, 1.54) is 11.1 Å². The summed E-state index contributed by atoms with van der Waals surface area (Å²) in [6.45, 7) is 5.08. The summed E-state index contributed by atoms with van der Waals surface area (Å²) in [5.74, 6) is 1.36. The van der Waals surface area contributed by atoms with Crippen LogP contribution in [0, 0.1) is 13.8 Å². The predicted molar refractivity (Wildman–Crippen MR) is 79.2 cm³/mol. The van der Waals surface area contributed by atoms with Gasteiger partial charge >= 0.3 is 0 Å². The van der Waals surface area contributed by atoms with Gasteiger partial charge in [-0.2, -0.15) is 4.98 Å². The summed E-state index contributed by atoms with van der Waals surface area (Å²) in [7, 11) is 1.94. The monoisotopic (exact) mass is 323 g/mol. The summed E-state index contributed by atoms with van der Waals surface area (Å²) in [6, 6.07) is 4.14. The highest BCUT2D eigenvalue weighted by molar-refractivity contribution is 9.10. The van der Waals surface area contributed by atoms with Gasteiger partial charge in [-0.25, -0.2) is 0 Å². The second-order valence-corrected chi connectivity index (χ2v) is 5.44. The van der Waals surface area contributed by atoms with E-state index < -0.39 is 0 Å². The first kappa shape index (κ1) is 14.2. The summed E-state index contributed by atoms with van der Waals surface area (Å²) in [6.07, 6.45) is 1.80. The maximum absolute atomic E-state index is 5.27. The van der Waals surface area contributed by atoms with E-state index in [4.69, 9.17) is 4.52 Å². The largest absolute Gasteiger partial charge is 0.339 e. The number of aromatic nitrogens is 2. The number of benzene rings is 1. The van der Waals surface area contributed by atoms with Crippen molar-refractivity contribution < 1.29 is 4.52 Å². The molecule has 0 aliphatic heterocycles. The van der Waals surface area contributed by atoms with Crippen LogP contribution in [0.3, 0.4) is 0 Å². The molecular weight excluding hydrogens is 306 g/mol. The standard InChI is InChI=1S/C14H18BrN3O/c1-9-7-11(8-10(2)13(9)15)14-17-12(19-18-14)5-4-6-16-3/h7-8,16H,4-6H2,1-3H3. The molecule has 1 aromatic heterocycles. The lowest BCUT2D eigenvalue weighted by molar-refractivity contribution is 0.375. The summed E-state index contributed by atoms with van der Waals surface area (Å²) in [5.41, 5.74) is 3.36. The van der Waals surface area contributed by atoms with E-state index >= 15 is 0 Å². The number of nitrogens with zero attached hydrogens (tertiary/aromatic N) is 2. The van der Waals surface area contributed by atoms with Crippen LogP contribution in [0.2, 0.25) is 0 Å². The first-order valence-electron chi connectivity index (χ1n) is 6.36. The van der Waals surface area contributed by atoms with Gasteiger partial charge in [-0.1, -0.05) is 21.1 Å². The van der Waals surface area contributed by atoms with Crippen molar-refractivity contribution in [2.45, 2.75) is 26.7 Å². The lowest BCUT2D eigenvalue weighted by Crippen LogP contribution is -2.08. The van der Waals surface area contributed by atoms with Gasteiger partial charge in [0.25, 0.3) is 0 Å². The third kappa shape index (κ3) is 3.42. The molecule has 1 aromatic carbocycles. The highest BCUT2D eigenvalue weighted by atomic mass is 79.9. The van der Waals surface area contributed by atoms with Crippen molar-refractivity contribution in [1.82, 2.24) is 15.5 Å². The molecule has 0 saturated heterocycles. The molecule has 0 atom stereocenters. The minimum atomic E-state index is 0.665. The molecule has 0 amide bonds. The molecular formula is C14H18BrN3O. The molecule has 0 bridgehead atoms. The fourth-order valence-electron chi connectivity index (χ4n) is 1.97. The van der Waals surface area contributed by atoms with Gasteiger partial charge in [0.2, 0.25) is 11.7 Å².